The van der Waals surface area contributed by atoms with Crippen LogP contribution in [0.4, 0.5) is 0 Å². The standard InChI is InChI=1S/C12H24O3/c1-6-9(2)7-8-11(12(4,5)14)15-10(3)13/h9,11,14H,6-8H2,1-5H3. The zero-order chi connectivity index (χ0) is 12.1. The maximum atomic E-state index is 10.9. The second-order valence-electron chi connectivity index (χ2n) is 4.84. The molecule has 15 heavy (non-hydrogen) atoms. The minimum absolute atomic E-state index is 0.328. The Balaban J connectivity index is 4.20. The van der Waals surface area contributed by atoms with Crippen molar-refractivity contribution >= 4 is 5.97 Å². The van der Waals surface area contributed by atoms with Gasteiger partial charge in [0.1, 0.15) is 6.10 Å². The molecule has 0 aliphatic rings. The van der Waals surface area contributed by atoms with Crippen molar-refractivity contribution in [2.45, 2.75) is 65.6 Å². The van der Waals surface area contributed by atoms with E-state index in [9.17, 15) is 9.90 Å². The van der Waals surface area contributed by atoms with Gasteiger partial charge in [-0.05, 0) is 32.6 Å². The molecule has 90 valence electrons. The third-order valence-electron chi connectivity index (χ3n) is 2.71. The van der Waals surface area contributed by atoms with Crippen LogP contribution in [-0.4, -0.2) is 22.8 Å². The molecule has 0 radical (unpaired) electrons. The van der Waals surface area contributed by atoms with E-state index in [4.69, 9.17) is 4.74 Å². The van der Waals surface area contributed by atoms with Crippen LogP contribution in [-0.2, 0) is 9.53 Å². The number of carbonyl (C=O) groups is 1. The summed E-state index contributed by atoms with van der Waals surface area (Å²) in [7, 11) is 0. The van der Waals surface area contributed by atoms with E-state index in [-0.39, 0.29) is 5.97 Å². The van der Waals surface area contributed by atoms with Gasteiger partial charge in [0.25, 0.3) is 0 Å². The molecule has 3 heteroatoms. The Hall–Kier alpha value is -0.570. The Labute approximate surface area is 92.8 Å². The molecule has 0 amide bonds. The van der Waals surface area contributed by atoms with E-state index in [1.165, 1.54) is 6.92 Å². The molecule has 0 saturated heterocycles. The van der Waals surface area contributed by atoms with Crippen molar-refractivity contribution in [3.8, 4) is 0 Å². The largest absolute Gasteiger partial charge is 0.460 e. The van der Waals surface area contributed by atoms with Crippen molar-refractivity contribution in [3.05, 3.63) is 0 Å². The van der Waals surface area contributed by atoms with Gasteiger partial charge in [0, 0.05) is 6.92 Å². The number of hydrogen-bond acceptors (Lipinski definition) is 3. The van der Waals surface area contributed by atoms with Crippen LogP contribution in [0, 0.1) is 5.92 Å². The minimum atomic E-state index is -0.959. The van der Waals surface area contributed by atoms with Crippen LogP contribution < -0.4 is 0 Å². The lowest BCUT2D eigenvalue weighted by Gasteiger charge is -2.29. The SMILES string of the molecule is CCC(C)CCC(OC(C)=O)C(C)(C)O. The molecule has 0 aromatic carbocycles. The van der Waals surface area contributed by atoms with Gasteiger partial charge in [-0.25, -0.2) is 0 Å². The first-order chi connectivity index (χ1) is 6.77. The zero-order valence-corrected chi connectivity index (χ0v) is 10.5. The molecule has 1 N–H and O–H groups in total. The van der Waals surface area contributed by atoms with E-state index in [1.807, 2.05) is 0 Å². The third kappa shape index (κ3) is 6.50. The molecular weight excluding hydrogens is 192 g/mol. The van der Waals surface area contributed by atoms with Crippen molar-refractivity contribution in [2.24, 2.45) is 5.92 Å². The number of carbonyl (C=O) groups excluding carboxylic acids is 1. The van der Waals surface area contributed by atoms with Gasteiger partial charge in [-0.2, -0.15) is 0 Å². The summed E-state index contributed by atoms with van der Waals surface area (Å²) in [5.74, 6) is 0.275. The summed E-state index contributed by atoms with van der Waals surface area (Å²) in [5.41, 5.74) is -0.959. The first-order valence-electron chi connectivity index (χ1n) is 5.67. The van der Waals surface area contributed by atoms with E-state index >= 15 is 0 Å². The molecule has 0 spiro atoms. The van der Waals surface area contributed by atoms with Crippen LogP contribution in [0.5, 0.6) is 0 Å². The van der Waals surface area contributed by atoms with Crippen LogP contribution in [0.2, 0.25) is 0 Å². The molecule has 2 atom stereocenters. The van der Waals surface area contributed by atoms with E-state index in [2.05, 4.69) is 13.8 Å². The number of rotatable bonds is 6. The summed E-state index contributed by atoms with van der Waals surface area (Å²) < 4.78 is 5.12. The summed E-state index contributed by atoms with van der Waals surface area (Å²) in [5, 5.41) is 9.83. The molecule has 2 unspecified atom stereocenters. The first-order valence-corrected chi connectivity index (χ1v) is 5.67. The summed E-state index contributed by atoms with van der Waals surface area (Å²) in [4.78, 5) is 10.9. The van der Waals surface area contributed by atoms with Crippen LogP contribution >= 0.6 is 0 Å². The third-order valence-corrected chi connectivity index (χ3v) is 2.71. The maximum absolute atomic E-state index is 10.9. The van der Waals surface area contributed by atoms with Gasteiger partial charge in [0.05, 0.1) is 5.60 Å². The van der Waals surface area contributed by atoms with E-state index in [0.717, 1.165) is 19.3 Å². The number of esters is 1. The van der Waals surface area contributed by atoms with Gasteiger partial charge < -0.3 is 9.84 Å². The van der Waals surface area contributed by atoms with Gasteiger partial charge in [-0.15, -0.1) is 0 Å². The van der Waals surface area contributed by atoms with Crippen LogP contribution in [0.1, 0.15) is 53.9 Å². The number of aliphatic hydroxyl groups is 1. The van der Waals surface area contributed by atoms with Gasteiger partial charge >= 0.3 is 5.97 Å². The average molecular weight is 216 g/mol. The Bertz CT molecular complexity index is 194. The maximum Gasteiger partial charge on any atom is 0.303 e. The fraction of sp³-hybridized carbons (Fsp3) is 0.917. The van der Waals surface area contributed by atoms with Gasteiger partial charge in [-0.3, -0.25) is 4.79 Å². The zero-order valence-electron chi connectivity index (χ0n) is 10.5. The Morgan fingerprint density at radius 1 is 1.40 bits per heavy atom. The molecule has 0 rings (SSSR count). The predicted molar refractivity (Wildman–Crippen MR) is 60.5 cm³/mol. The molecule has 0 aromatic rings. The topological polar surface area (TPSA) is 46.5 Å². The summed E-state index contributed by atoms with van der Waals surface area (Å²) >= 11 is 0. The lowest BCUT2D eigenvalue weighted by Crippen LogP contribution is -2.39. The quantitative estimate of drug-likeness (QED) is 0.694. The average Bonchev–Trinajstić information content (AvgIpc) is 2.09. The highest BCUT2D eigenvalue weighted by Crippen LogP contribution is 2.21. The predicted octanol–water partition coefficient (Wildman–Crippen LogP) is 2.52. The molecule has 0 aliphatic heterocycles. The molecule has 0 bridgehead atoms. The first kappa shape index (κ1) is 14.4. The van der Waals surface area contributed by atoms with Gasteiger partial charge in [0.15, 0.2) is 0 Å². The van der Waals surface area contributed by atoms with Gasteiger partial charge in [0.2, 0.25) is 0 Å². The van der Waals surface area contributed by atoms with E-state index < -0.39 is 11.7 Å². The molecule has 0 aliphatic carbocycles. The van der Waals surface area contributed by atoms with E-state index in [0.29, 0.717) is 5.92 Å². The second kappa shape index (κ2) is 6.11. The molecule has 0 heterocycles. The number of hydrogen-bond donors (Lipinski definition) is 1. The lowest BCUT2D eigenvalue weighted by atomic mass is 9.93. The van der Waals surface area contributed by atoms with Crippen LogP contribution in [0.15, 0.2) is 0 Å². The van der Waals surface area contributed by atoms with Gasteiger partial charge in [-0.1, -0.05) is 20.3 Å². The van der Waals surface area contributed by atoms with Crippen LogP contribution in [0.25, 0.3) is 0 Å². The van der Waals surface area contributed by atoms with Crippen molar-refractivity contribution in [1.29, 1.82) is 0 Å². The van der Waals surface area contributed by atoms with Crippen molar-refractivity contribution in [1.82, 2.24) is 0 Å². The molecule has 0 saturated carbocycles. The Morgan fingerprint density at radius 3 is 2.27 bits per heavy atom. The molecule has 3 nitrogen and oxygen atoms in total. The highest BCUT2D eigenvalue weighted by molar-refractivity contribution is 5.66. The Kier molecular flexibility index (Phi) is 5.88. The van der Waals surface area contributed by atoms with E-state index in [1.54, 1.807) is 13.8 Å². The number of ether oxygens (including phenoxy) is 1. The summed E-state index contributed by atoms with van der Waals surface area (Å²) in [6.45, 7) is 9.03. The molecule has 0 aromatic heterocycles. The normalized spacial score (nSPS) is 15.9. The summed E-state index contributed by atoms with van der Waals surface area (Å²) in [6.07, 6.45) is 2.40. The van der Waals surface area contributed by atoms with Crippen LogP contribution in [0.3, 0.4) is 0 Å². The lowest BCUT2D eigenvalue weighted by molar-refractivity contribution is -0.160. The highest BCUT2D eigenvalue weighted by atomic mass is 16.6. The Morgan fingerprint density at radius 2 is 1.93 bits per heavy atom. The minimum Gasteiger partial charge on any atom is -0.460 e. The molecule has 0 fully saturated rings. The van der Waals surface area contributed by atoms with Crippen molar-refractivity contribution in [2.75, 3.05) is 0 Å². The smallest absolute Gasteiger partial charge is 0.303 e. The molecular formula is C12H24O3. The highest BCUT2D eigenvalue weighted by Gasteiger charge is 2.29. The van der Waals surface area contributed by atoms with Crippen molar-refractivity contribution in [3.63, 3.8) is 0 Å². The fourth-order valence-electron chi connectivity index (χ4n) is 1.40. The fourth-order valence-corrected chi connectivity index (χ4v) is 1.40. The second-order valence-corrected chi connectivity index (χ2v) is 4.84. The summed E-state index contributed by atoms with van der Waals surface area (Å²) in [6, 6.07) is 0. The van der Waals surface area contributed by atoms with Crippen molar-refractivity contribution < 1.29 is 14.6 Å². The monoisotopic (exact) mass is 216 g/mol.